The van der Waals surface area contributed by atoms with Crippen molar-refractivity contribution in [2.45, 2.75) is 19.1 Å². The van der Waals surface area contributed by atoms with Gasteiger partial charge in [-0.3, -0.25) is 4.79 Å². The van der Waals surface area contributed by atoms with Gasteiger partial charge in [0.2, 0.25) is 5.91 Å². The molecule has 1 N–H and O–H groups in total. The summed E-state index contributed by atoms with van der Waals surface area (Å²) >= 11 is 0. The molecule has 148 valence electrons. The van der Waals surface area contributed by atoms with Crippen LogP contribution in [-0.4, -0.2) is 31.7 Å². The molecule has 9 heteroatoms. The van der Waals surface area contributed by atoms with Crippen molar-refractivity contribution < 1.29 is 32.2 Å². The summed E-state index contributed by atoms with van der Waals surface area (Å²) < 4.78 is 50.6. The highest BCUT2D eigenvalue weighted by Gasteiger charge is 2.33. The summed E-state index contributed by atoms with van der Waals surface area (Å²) in [6, 6.07) is 7.45. The summed E-state index contributed by atoms with van der Waals surface area (Å²) in [5, 5.41) is 2.33. The number of halogens is 3. The molecule has 1 aliphatic heterocycles. The number of carbonyl (C=O) groups is 2. The zero-order valence-corrected chi connectivity index (χ0v) is 14.9. The maximum Gasteiger partial charge on any atom is 0.407 e. The molecule has 1 fully saturated rings. The minimum Gasteiger partial charge on any atom is -0.489 e. The van der Waals surface area contributed by atoms with Crippen molar-refractivity contribution in [2.24, 2.45) is 0 Å². The van der Waals surface area contributed by atoms with Gasteiger partial charge in [0.05, 0.1) is 18.5 Å². The van der Waals surface area contributed by atoms with Crippen LogP contribution in [0.25, 0.3) is 0 Å². The van der Waals surface area contributed by atoms with Crippen LogP contribution in [0.4, 0.5) is 23.7 Å². The van der Waals surface area contributed by atoms with E-state index in [9.17, 15) is 22.8 Å². The van der Waals surface area contributed by atoms with Gasteiger partial charge >= 0.3 is 6.09 Å². The quantitative estimate of drug-likeness (QED) is 0.846. The molecular weight excluding hydrogens is 377 g/mol. The second kappa shape index (κ2) is 8.20. The molecule has 0 saturated carbocycles. The molecule has 1 saturated heterocycles. The van der Waals surface area contributed by atoms with Gasteiger partial charge in [0.15, 0.2) is 0 Å². The Kier molecular flexibility index (Phi) is 5.72. The number of benzene rings is 2. The van der Waals surface area contributed by atoms with Crippen molar-refractivity contribution >= 4 is 17.7 Å². The number of nitrogens with one attached hydrogen (secondary N) is 1. The number of anilines is 1. The molecule has 0 unspecified atom stereocenters. The lowest BCUT2D eigenvalue weighted by molar-refractivity contribution is -0.117. The molecule has 1 atom stereocenters. The van der Waals surface area contributed by atoms with E-state index in [4.69, 9.17) is 9.47 Å². The topological polar surface area (TPSA) is 67.9 Å². The first-order valence-corrected chi connectivity index (χ1v) is 8.42. The molecule has 2 amide bonds. The Balaban J connectivity index is 1.63. The summed E-state index contributed by atoms with van der Waals surface area (Å²) in [6.45, 7) is -0.194. The van der Waals surface area contributed by atoms with E-state index < -0.39 is 36.3 Å². The van der Waals surface area contributed by atoms with Gasteiger partial charge in [-0.1, -0.05) is 0 Å². The van der Waals surface area contributed by atoms with Crippen molar-refractivity contribution in [3.05, 3.63) is 59.4 Å². The predicted molar refractivity (Wildman–Crippen MR) is 93.4 cm³/mol. The van der Waals surface area contributed by atoms with Crippen molar-refractivity contribution in [3.8, 4) is 5.75 Å². The number of amides is 2. The van der Waals surface area contributed by atoms with Crippen molar-refractivity contribution in [3.63, 3.8) is 0 Å². The molecule has 3 rings (SSSR count). The number of ether oxygens (including phenoxy) is 2. The lowest BCUT2D eigenvalue weighted by atomic mass is 10.2. The molecule has 2 aromatic rings. The molecule has 6 nitrogen and oxygen atoms in total. The fraction of sp³-hybridized carbons (Fsp3) is 0.263. The Bertz CT molecular complexity index is 866. The molecular formula is C19H17F3N2O4. The smallest absolute Gasteiger partial charge is 0.407 e. The van der Waals surface area contributed by atoms with Gasteiger partial charge in [-0.05, 0) is 24.3 Å². The van der Waals surface area contributed by atoms with Crippen LogP contribution in [0.2, 0.25) is 0 Å². The van der Waals surface area contributed by atoms with Crippen LogP contribution >= 0.6 is 0 Å². The lowest BCUT2D eigenvalue weighted by Crippen LogP contribution is -2.29. The van der Waals surface area contributed by atoms with Crippen LogP contribution in [0.3, 0.4) is 0 Å². The normalized spacial score (nSPS) is 16.2. The number of hydrogen-bond donors (Lipinski definition) is 1. The summed E-state index contributed by atoms with van der Waals surface area (Å²) in [4.78, 5) is 24.9. The van der Waals surface area contributed by atoms with E-state index >= 15 is 0 Å². The molecule has 1 heterocycles. The van der Waals surface area contributed by atoms with Gasteiger partial charge < -0.3 is 19.7 Å². The lowest BCUT2D eigenvalue weighted by Gasteiger charge is -2.17. The second-order valence-electron chi connectivity index (χ2n) is 6.12. The number of alkyl carbamates (subject to hydrolysis) is 1. The van der Waals surface area contributed by atoms with E-state index in [2.05, 4.69) is 5.32 Å². The van der Waals surface area contributed by atoms with E-state index in [0.29, 0.717) is 23.6 Å². The van der Waals surface area contributed by atoms with Crippen molar-refractivity contribution in [1.29, 1.82) is 0 Å². The van der Waals surface area contributed by atoms with Gasteiger partial charge in [0.1, 0.15) is 35.9 Å². The summed E-state index contributed by atoms with van der Waals surface area (Å²) in [5.74, 6) is -2.94. The zero-order valence-electron chi connectivity index (χ0n) is 14.9. The van der Waals surface area contributed by atoms with Crippen LogP contribution in [-0.2, 0) is 16.1 Å². The number of rotatable bonds is 5. The first-order valence-electron chi connectivity index (χ1n) is 8.42. The third-order valence-corrected chi connectivity index (χ3v) is 4.20. The average Bonchev–Trinajstić information content (AvgIpc) is 3.01. The zero-order chi connectivity index (χ0) is 20.3. The van der Waals surface area contributed by atoms with Crippen LogP contribution in [0.15, 0.2) is 36.4 Å². The van der Waals surface area contributed by atoms with Crippen molar-refractivity contribution in [2.75, 3.05) is 18.5 Å². The van der Waals surface area contributed by atoms with Crippen LogP contribution < -0.4 is 15.0 Å². The Hall–Kier alpha value is -3.23. The molecule has 0 spiro atoms. The Labute approximate surface area is 158 Å². The van der Waals surface area contributed by atoms with Gasteiger partial charge in [-0.15, -0.1) is 0 Å². The van der Waals surface area contributed by atoms with E-state index in [1.807, 2.05) is 0 Å². The molecule has 0 bridgehead atoms. The van der Waals surface area contributed by atoms with Gasteiger partial charge in [0, 0.05) is 24.9 Å². The predicted octanol–water partition coefficient (Wildman–Crippen LogP) is 3.14. The van der Waals surface area contributed by atoms with Gasteiger partial charge in [-0.2, -0.15) is 0 Å². The van der Waals surface area contributed by atoms with E-state index in [0.717, 1.165) is 0 Å². The third-order valence-electron chi connectivity index (χ3n) is 4.20. The molecule has 0 aliphatic carbocycles. The number of nitrogens with zero attached hydrogens (tertiary/aromatic N) is 1. The van der Waals surface area contributed by atoms with Crippen LogP contribution in [0.1, 0.15) is 12.0 Å². The SMILES string of the molecule is CNC(=O)O[C@@H]1CC(=O)N(c2ccc(OCc3c(F)cc(F)cc3F)cc2)C1. The summed E-state index contributed by atoms with van der Waals surface area (Å²) in [5.41, 5.74) is 0.189. The minimum atomic E-state index is -1.03. The van der Waals surface area contributed by atoms with E-state index in [1.165, 1.54) is 24.1 Å². The number of hydrogen-bond acceptors (Lipinski definition) is 4. The minimum absolute atomic E-state index is 0.0782. The average molecular weight is 394 g/mol. The number of carbonyl (C=O) groups excluding carboxylic acids is 2. The summed E-state index contributed by atoms with van der Waals surface area (Å²) in [7, 11) is 1.43. The highest BCUT2D eigenvalue weighted by Crippen LogP contribution is 2.26. The molecule has 1 aliphatic rings. The van der Waals surface area contributed by atoms with E-state index in [1.54, 1.807) is 12.1 Å². The van der Waals surface area contributed by atoms with Gasteiger partial charge in [0.25, 0.3) is 0 Å². The van der Waals surface area contributed by atoms with Crippen LogP contribution in [0.5, 0.6) is 5.75 Å². The molecule has 28 heavy (non-hydrogen) atoms. The fourth-order valence-corrected chi connectivity index (χ4v) is 2.80. The second-order valence-corrected chi connectivity index (χ2v) is 6.12. The molecule has 0 aromatic heterocycles. The fourth-order valence-electron chi connectivity index (χ4n) is 2.80. The first-order chi connectivity index (χ1) is 13.4. The molecule has 0 radical (unpaired) electrons. The Morgan fingerprint density at radius 2 is 1.82 bits per heavy atom. The highest BCUT2D eigenvalue weighted by molar-refractivity contribution is 5.96. The van der Waals surface area contributed by atoms with Gasteiger partial charge in [-0.25, -0.2) is 18.0 Å². The van der Waals surface area contributed by atoms with Crippen LogP contribution in [0, 0.1) is 17.5 Å². The standard InChI is InChI=1S/C19H17F3N2O4/c1-23-19(26)28-14-8-18(25)24(9-14)12-2-4-13(5-3-12)27-10-15-16(21)6-11(20)7-17(15)22/h2-7,14H,8-10H2,1H3,(H,23,26)/t14-/m1/s1. The maximum absolute atomic E-state index is 13.6. The third kappa shape index (κ3) is 4.36. The monoisotopic (exact) mass is 394 g/mol. The van der Waals surface area contributed by atoms with Crippen molar-refractivity contribution in [1.82, 2.24) is 5.32 Å². The highest BCUT2D eigenvalue weighted by atomic mass is 19.1. The molecule has 2 aromatic carbocycles. The Morgan fingerprint density at radius 1 is 1.18 bits per heavy atom. The summed E-state index contributed by atoms with van der Waals surface area (Å²) in [6.07, 6.45) is -1.08. The largest absolute Gasteiger partial charge is 0.489 e. The first kappa shape index (κ1) is 19.5. The maximum atomic E-state index is 13.6. The Morgan fingerprint density at radius 3 is 2.43 bits per heavy atom. The van der Waals surface area contributed by atoms with E-state index in [-0.39, 0.29) is 24.4 Å².